The highest BCUT2D eigenvalue weighted by atomic mass is 32.1. The van der Waals surface area contributed by atoms with E-state index in [-0.39, 0.29) is 11.7 Å². The van der Waals surface area contributed by atoms with Crippen molar-refractivity contribution in [3.05, 3.63) is 58.3 Å². The van der Waals surface area contributed by atoms with Crippen molar-refractivity contribution in [1.29, 1.82) is 0 Å². The minimum absolute atomic E-state index is 0.0648. The molecule has 126 valence electrons. The van der Waals surface area contributed by atoms with Crippen molar-refractivity contribution in [3.63, 3.8) is 0 Å². The molecule has 6 heteroatoms. The molecule has 5 nitrogen and oxygen atoms in total. The molecule has 1 aromatic heterocycles. The molecule has 1 N–H and O–H groups in total. The molecule has 1 fully saturated rings. The van der Waals surface area contributed by atoms with Crippen LogP contribution in [0.5, 0.6) is 0 Å². The second-order valence-electron chi connectivity index (χ2n) is 5.92. The Morgan fingerprint density at radius 1 is 1.04 bits per heavy atom. The van der Waals surface area contributed by atoms with Crippen molar-refractivity contribution in [1.82, 2.24) is 15.1 Å². The lowest BCUT2D eigenvalue weighted by molar-refractivity contribution is 0.0578. The number of ketones is 1. The Kier molecular flexibility index (Phi) is 5.40. The summed E-state index contributed by atoms with van der Waals surface area (Å²) in [5.74, 6) is -0.261. The van der Waals surface area contributed by atoms with Gasteiger partial charge in [-0.2, -0.15) is 0 Å². The van der Waals surface area contributed by atoms with Gasteiger partial charge in [0.05, 0.1) is 4.88 Å². The van der Waals surface area contributed by atoms with E-state index >= 15 is 0 Å². The number of benzene rings is 1. The summed E-state index contributed by atoms with van der Waals surface area (Å²) in [7, 11) is 2.07. The summed E-state index contributed by atoms with van der Waals surface area (Å²) in [5.41, 5.74) is 0.618. The molecular formula is C18H21N3O2S. The van der Waals surface area contributed by atoms with E-state index < -0.39 is 6.17 Å². The Morgan fingerprint density at radius 2 is 1.75 bits per heavy atom. The van der Waals surface area contributed by atoms with E-state index in [1.54, 1.807) is 18.2 Å². The van der Waals surface area contributed by atoms with Crippen molar-refractivity contribution in [3.8, 4) is 0 Å². The lowest BCUT2D eigenvalue weighted by Gasteiger charge is -2.37. The highest BCUT2D eigenvalue weighted by molar-refractivity contribution is 7.12. The molecule has 1 aliphatic heterocycles. The standard InChI is InChI=1S/C18H21N3O2S/c1-20-9-11-21(12-10-20)17(16(22)14-6-3-2-4-7-14)19-18(23)15-8-5-13-24-15/h2-8,13,17H,9-12H2,1H3,(H,19,23)/t17-/m0/s1. The predicted molar refractivity (Wildman–Crippen MR) is 95.4 cm³/mol. The van der Waals surface area contributed by atoms with Crippen LogP contribution in [0.4, 0.5) is 0 Å². The van der Waals surface area contributed by atoms with Gasteiger partial charge < -0.3 is 10.2 Å². The van der Waals surface area contributed by atoms with Gasteiger partial charge in [0, 0.05) is 31.7 Å². The summed E-state index contributed by atoms with van der Waals surface area (Å²) in [6, 6.07) is 12.8. The van der Waals surface area contributed by atoms with E-state index in [0.717, 1.165) is 26.2 Å². The Morgan fingerprint density at radius 3 is 2.38 bits per heavy atom. The third kappa shape index (κ3) is 3.90. The maximum atomic E-state index is 13.0. The number of Topliss-reactive ketones (excluding diaryl/α,β-unsaturated/α-hetero) is 1. The third-order valence-corrected chi connectivity index (χ3v) is 5.09. The number of rotatable bonds is 5. The van der Waals surface area contributed by atoms with E-state index in [0.29, 0.717) is 10.4 Å². The average Bonchev–Trinajstić information content (AvgIpc) is 3.15. The van der Waals surface area contributed by atoms with Crippen LogP contribution in [0.3, 0.4) is 0 Å². The first-order valence-corrected chi connectivity index (χ1v) is 8.89. The maximum Gasteiger partial charge on any atom is 0.262 e. The molecule has 2 aromatic rings. The van der Waals surface area contributed by atoms with Gasteiger partial charge in [0.1, 0.15) is 6.17 Å². The van der Waals surface area contributed by atoms with Crippen molar-refractivity contribution in [2.45, 2.75) is 6.17 Å². The Labute approximate surface area is 145 Å². The van der Waals surface area contributed by atoms with Gasteiger partial charge in [-0.25, -0.2) is 0 Å². The second-order valence-corrected chi connectivity index (χ2v) is 6.87. The fourth-order valence-electron chi connectivity index (χ4n) is 2.77. The number of carbonyl (C=O) groups is 2. The number of likely N-dealkylation sites (N-methyl/N-ethyl adjacent to an activating group) is 1. The van der Waals surface area contributed by atoms with E-state index in [4.69, 9.17) is 0 Å². The largest absolute Gasteiger partial charge is 0.329 e. The van der Waals surface area contributed by atoms with Gasteiger partial charge in [0.25, 0.3) is 5.91 Å². The number of nitrogens with zero attached hydrogens (tertiary/aromatic N) is 2. The first-order valence-electron chi connectivity index (χ1n) is 8.01. The van der Waals surface area contributed by atoms with Crippen LogP contribution in [0.15, 0.2) is 47.8 Å². The van der Waals surface area contributed by atoms with Crippen LogP contribution < -0.4 is 5.32 Å². The van der Waals surface area contributed by atoms with Gasteiger partial charge in [0.15, 0.2) is 5.78 Å². The molecule has 0 bridgehead atoms. The minimum atomic E-state index is -0.629. The highest BCUT2D eigenvalue weighted by Crippen LogP contribution is 2.13. The minimum Gasteiger partial charge on any atom is -0.329 e. The predicted octanol–water partition coefficient (Wildman–Crippen LogP) is 1.93. The molecule has 0 aliphatic carbocycles. The Bertz CT molecular complexity index is 680. The molecular weight excluding hydrogens is 322 g/mol. The summed E-state index contributed by atoms with van der Waals surface area (Å²) in [6.45, 7) is 3.27. The van der Waals surface area contributed by atoms with Gasteiger partial charge in [-0.1, -0.05) is 36.4 Å². The van der Waals surface area contributed by atoms with E-state index in [9.17, 15) is 9.59 Å². The van der Waals surface area contributed by atoms with Crippen molar-refractivity contribution in [2.24, 2.45) is 0 Å². The molecule has 1 aliphatic rings. The zero-order valence-corrected chi connectivity index (χ0v) is 14.5. The van der Waals surface area contributed by atoms with E-state index in [1.807, 2.05) is 29.6 Å². The van der Waals surface area contributed by atoms with Gasteiger partial charge in [0.2, 0.25) is 0 Å². The van der Waals surface area contributed by atoms with Crippen LogP contribution in [0.1, 0.15) is 20.0 Å². The first-order chi connectivity index (χ1) is 11.6. The average molecular weight is 343 g/mol. The number of carbonyl (C=O) groups excluding carboxylic acids is 2. The molecule has 1 amide bonds. The molecule has 1 atom stereocenters. The van der Waals surface area contributed by atoms with Crippen LogP contribution in [0, 0.1) is 0 Å². The monoisotopic (exact) mass is 343 g/mol. The van der Waals surface area contributed by atoms with Crippen LogP contribution in [0.2, 0.25) is 0 Å². The summed E-state index contributed by atoms with van der Waals surface area (Å²) >= 11 is 1.38. The van der Waals surface area contributed by atoms with Crippen LogP contribution in [-0.4, -0.2) is 60.9 Å². The quantitative estimate of drug-likeness (QED) is 0.843. The molecule has 1 saturated heterocycles. The third-order valence-electron chi connectivity index (χ3n) is 4.22. The summed E-state index contributed by atoms with van der Waals surface area (Å²) < 4.78 is 0. The van der Waals surface area contributed by atoms with Crippen LogP contribution in [-0.2, 0) is 0 Å². The molecule has 24 heavy (non-hydrogen) atoms. The SMILES string of the molecule is CN1CCN([C@H](NC(=O)c2cccs2)C(=O)c2ccccc2)CC1. The number of hydrogen-bond donors (Lipinski definition) is 1. The van der Waals surface area contributed by atoms with Crippen molar-refractivity contribution in [2.75, 3.05) is 33.2 Å². The second kappa shape index (κ2) is 7.70. The number of nitrogens with one attached hydrogen (secondary N) is 1. The zero-order valence-electron chi connectivity index (χ0n) is 13.6. The van der Waals surface area contributed by atoms with Gasteiger partial charge >= 0.3 is 0 Å². The fraction of sp³-hybridized carbons (Fsp3) is 0.333. The summed E-state index contributed by atoms with van der Waals surface area (Å²) in [4.78, 5) is 30.3. The van der Waals surface area contributed by atoms with Gasteiger partial charge in [-0.05, 0) is 18.5 Å². The number of piperazine rings is 1. The topological polar surface area (TPSA) is 52.6 Å². The van der Waals surface area contributed by atoms with Crippen LogP contribution in [0.25, 0.3) is 0 Å². The highest BCUT2D eigenvalue weighted by Gasteiger charge is 2.30. The molecule has 0 unspecified atom stereocenters. The van der Waals surface area contributed by atoms with E-state index in [1.165, 1.54) is 11.3 Å². The Balaban J connectivity index is 1.80. The smallest absolute Gasteiger partial charge is 0.262 e. The van der Waals surface area contributed by atoms with Crippen LogP contribution >= 0.6 is 11.3 Å². The van der Waals surface area contributed by atoms with Gasteiger partial charge in [-0.3, -0.25) is 14.5 Å². The van der Waals surface area contributed by atoms with Crippen molar-refractivity contribution < 1.29 is 9.59 Å². The van der Waals surface area contributed by atoms with E-state index in [2.05, 4.69) is 22.2 Å². The number of amides is 1. The lowest BCUT2D eigenvalue weighted by atomic mass is 10.1. The first kappa shape index (κ1) is 16.8. The van der Waals surface area contributed by atoms with Gasteiger partial charge in [-0.15, -0.1) is 11.3 Å². The molecule has 0 radical (unpaired) electrons. The number of thiophene rings is 1. The molecule has 2 heterocycles. The Hall–Kier alpha value is -2.02. The number of hydrogen-bond acceptors (Lipinski definition) is 5. The molecule has 3 rings (SSSR count). The summed E-state index contributed by atoms with van der Waals surface area (Å²) in [6.07, 6.45) is -0.629. The zero-order chi connectivity index (χ0) is 16.9. The summed E-state index contributed by atoms with van der Waals surface area (Å²) in [5, 5.41) is 4.79. The normalized spacial score (nSPS) is 17.4. The molecule has 1 aromatic carbocycles. The molecule has 0 spiro atoms. The maximum absolute atomic E-state index is 13.0. The fourth-order valence-corrected chi connectivity index (χ4v) is 3.39. The van der Waals surface area contributed by atoms with Crippen molar-refractivity contribution >= 4 is 23.0 Å². The molecule has 0 saturated carbocycles. The lowest BCUT2D eigenvalue weighted by Crippen LogP contribution is -2.58.